The molecule has 0 unspecified atom stereocenters. The minimum atomic E-state index is -0.0511. The Morgan fingerprint density at radius 3 is 2.62 bits per heavy atom. The minimum Gasteiger partial charge on any atom is -0.399 e. The van der Waals surface area contributed by atoms with E-state index in [1.165, 1.54) is 0 Å². The van der Waals surface area contributed by atoms with Crippen molar-refractivity contribution in [2.45, 2.75) is 26.3 Å². The van der Waals surface area contributed by atoms with Gasteiger partial charge < -0.3 is 15.6 Å². The van der Waals surface area contributed by atoms with E-state index in [0.717, 1.165) is 22.1 Å². The number of carbonyl (C=O) groups excluding carboxylic acids is 1. The zero-order valence-electron chi connectivity index (χ0n) is 12.3. The highest BCUT2D eigenvalue weighted by Gasteiger charge is 2.14. The van der Waals surface area contributed by atoms with Crippen LogP contribution in [-0.4, -0.2) is 17.0 Å². The molecule has 0 bridgehead atoms. The average molecular weight is 350 g/mol. The number of benzene rings is 1. The van der Waals surface area contributed by atoms with E-state index in [1.807, 2.05) is 41.1 Å². The number of anilines is 1. The summed E-state index contributed by atoms with van der Waals surface area (Å²) in [6.07, 6.45) is 2.72. The topological polar surface area (TPSA) is 60.0 Å². The highest BCUT2D eigenvalue weighted by Crippen LogP contribution is 2.19. The maximum atomic E-state index is 12.3. The SMILES string of the molecule is CC(C)n1cc(Br)cc1C(=O)NCCc1ccc(N)cc1. The predicted octanol–water partition coefficient (Wildman–Crippen LogP) is 3.39. The van der Waals surface area contributed by atoms with Crippen LogP contribution >= 0.6 is 15.9 Å². The van der Waals surface area contributed by atoms with Crippen LogP contribution in [0.2, 0.25) is 0 Å². The van der Waals surface area contributed by atoms with Crippen molar-refractivity contribution in [1.29, 1.82) is 0 Å². The lowest BCUT2D eigenvalue weighted by atomic mass is 10.1. The minimum absolute atomic E-state index is 0.0511. The zero-order chi connectivity index (χ0) is 15.4. The number of nitrogen functional groups attached to an aromatic ring is 1. The van der Waals surface area contributed by atoms with Gasteiger partial charge in [0.2, 0.25) is 0 Å². The second-order valence-corrected chi connectivity index (χ2v) is 6.21. The van der Waals surface area contributed by atoms with Crippen LogP contribution in [-0.2, 0) is 6.42 Å². The van der Waals surface area contributed by atoms with Crippen LogP contribution in [0.25, 0.3) is 0 Å². The third kappa shape index (κ3) is 4.11. The third-order valence-corrected chi connectivity index (χ3v) is 3.72. The van der Waals surface area contributed by atoms with E-state index in [2.05, 4.69) is 35.1 Å². The van der Waals surface area contributed by atoms with Gasteiger partial charge in [0, 0.05) is 28.9 Å². The van der Waals surface area contributed by atoms with Gasteiger partial charge in [0.05, 0.1) is 0 Å². The van der Waals surface area contributed by atoms with Crippen molar-refractivity contribution < 1.29 is 4.79 Å². The van der Waals surface area contributed by atoms with Crippen LogP contribution in [0.5, 0.6) is 0 Å². The van der Waals surface area contributed by atoms with Crippen LogP contribution in [0.3, 0.4) is 0 Å². The molecule has 3 N–H and O–H groups in total. The summed E-state index contributed by atoms with van der Waals surface area (Å²) in [5.74, 6) is -0.0511. The highest BCUT2D eigenvalue weighted by atomic mass is 79.9. The molecule has 1 heterocycles. The fraction of sp³-hybridized carbons (Fsp3) is 0.312. The maximum Gasteiger partial charge on any atom is 0.267 e. The lowest BCUT2D eigenvalue weighted by Crippen LogP contribution is -2.28. The number of nitrogens with two attached hydrogens (primary N) is 1. The zero-order valence-corrected chi connectivity index (χ0v) is 13.9. The van der Waals surface area contributed by atoms with Crippen LogP contribution < -0.4 is 11.1 Å². The van der Waals surface area contributed by atoms with Crippen molar-refractivity contribution in [3.63, 3.8) is 0 Å². The summed E-state index contributed by atoms with van der Waals surface area (Å²) in [5, 5.41) is 2.96. The summed E-state index contributed by atoms with van der Waals surface area (Å²) >= 11 is 3.42. The molecule has 0 spiro atoms. The molecule has 0 saturated heterocycles. The number of aromatic nitrogens is 1. The molecule has 2 rings (SSSR count). The summed E-state index contributed by atoms with van der Waals surface area (Å²) in [7, 11) is 0. The lowest BCUT2D eigenvalue weighted by Gasteiger charge is -2.12. The molecule has 0 aliphatic carbocycles. The van der Waals surface area contributed by atoms with Gasteiger partial charge in [-0.05, 0) is 60.0 Å². The first-order valence-corrected chi connectivity index (χ1v) is 7.76. The van der Waals surface area contributed by atoms with Gasteiger partial charge in [-0.25, -0.2) is 0 Å². The van der Waals surface area contributed by atoms with Crippen molar-refractivity contribution in [1.82, 2.24) is 9.88 Å². The molecule has 0 fully saturated rings. The van der Waals surface area contributed by atoms with E-state index < -0.39 is 0 Å². The normalized spacial score (nSPS) is 10.9. The molecule has 1 aromatic heterocycles. The standard InChI is InChI=1S/C16H20BrN3O/c1-11(2)20-10-13(17)9-15(20)16(21)19-8-7-12-3-5-14(18)6-4-12/h3-6,9-11H,7-8,18H2,1-2H3,(H,19,21). The van der Waals surface area contributed by atoms with E-state index in [0.29, 0.717) is 12.2 Å². The maximum absolute atomic E-state index is 12.3. The second kappa shape index (κ2) is 6.80. The Morgan fingerprint density at radius 2 is 2.00 bits per heavy atom. The number of carbonyl (C=O) groups is 1. The molecule has 5 heteroatoms. The largest absolute Gasteiger partial charge is 0.399 e. The molecule has 4 nitrogen and oxygen atoms in total. The predicted molar refractivity (Wildman–Crippen MR) is 89.4 cm³/mol. The number of amides is 1. The third-order valence-electron chi connectivity index (χ3n) is 3.28. The number of nitrogens with one attached hydrogen (secondary N) is 1. The molecule has 1 amide bonds. The van der Waals surface area contributed by atoms with E-state index in [9.17, 15) is 4.79 Å². The summed E-state index contributed by atoms with van der Waals surface area (Å²) in [4.78, 5) is 12.3. The molecule has 112 valence electrons. The molecule has 0 saturated carbocycles. The Labute approximate surface area is 133 Å². The van der Waals surface area contributed by atoms with E-state index in [1.54, 1.807) is 0 Å². The Morgan fingerprint density at radius 1 is 1.33 bits per heavy atom. The van der Waals surface area contributed by atoms with Gasteiger partial charge >= 0.3 is 0 Å². The first-order valence-electron chi connectivity index (χ1n) is 6.97. The van der Waals surface area contributed by atoms with Gasteiger partial charge in [-0.2, -0.15) is 0 Å². The number of halogens is 1. The Bertz CT molecular complexity index is 617. The van der Waals surface area contributed by atoms with Gasteiger partial charge in [-0.1, -0.05) is 12.1 Å². The van der Waals surface area contributed by atoms with Crippen molar-refractivity contribution in [2.24, 2.45) is 0 Å². The fourth-order valence-electron chi connectivity index (χ4n) is 2.15. The van der Waals surface area contributed by atoms with Gasteiger partial charge in [-0.3, -0.25) is 4.79 Å². The highest BCUT2D eigenvalue weighted by molar-refractivity contribution is 9.10. The summed E-state index contributed by atoms with van der Waals surface area (Å²) < 4.78 is 2.88. The Kier molecular flexibility index (Phi) is 5.07. The number of hydrogen-bond acceptors (Lipinski definition) is 2. The van der Waals surface area contributed by atoms with Crippen molar-refractivity contribution in [3.05, 3.63) is 52.3 Å². The average Bonchev–Trinajstić information content (AvgIpc) is 2.83. The number of nitrogens with zero attached hydrogens (tertiary/aromatic N) is 1. The second-order valence-electron chi connectivity index (χ2n) is 5.29. The van der Waals surface area contributed by atoms with Crippen LogP contribution in [0.1, 0.15) is 35.9 Å². The molecule has 2 aromatic rings. The molecular formula is C16H20BrN3O. The Balaban J connectivity index is 1.94. The summed E-state index contributed by atoms with van der Waals surface area (Å²) in [6.45, 7) is 4.71. The van der Waals surface area contributed by atoms with Crippen molar-refractivity contribution >= 4 is 27.5 Å². The molecular weight excluding hydrogens is 330 g/mol. The molecule has 0 atom stereocenters. The first-order chi connectivity index (χ1) is 9.97. The molecule has 0 aliphatic rings. The first kappa shape index (κ1) is 15.6. The quantitative estimate of drug-likeness (QED) is 0.812. The van der Waals surface area contributed by atoms with Gasteiger partial charge in [-0.15, -0.1) is 0 Å². The lowest BCUT2D eigenvalue weighted by molar-refractivity contribution is 0.0943. The number of rotatable bonds is 5. The van der Waals surface area contributed by atoms with Crippen molar-refractivity contribution in [2.75, 3.05) is 12.3 Å². The van der Waals surface area contributed by atoms with E-state index >= 15 is 0 Å². The number of hydrogen-bond donors (Lipinski definition) is 2. The molecule has 0 radical (unpaired) electrons. The van der Waals surface area contributed by atoms with E-state index in [4.69, 9.17) is 5.73 Å². The van der Waals surface area contributed by atoms with Gasteiger partial charge in [0.15, 0.2) is 0 Å². The Hall–Kier alpha value is -1.75. The van der Waals surface area contributed by atoms with Gasteiger partial charge in [0.1, 0.15) is 5.69 Å². The van der Waals surface area contributed by atoms with Crippen LogP contribution in [0.4, 0.5) is 5.69 Å². The molecule has 1 aromatic carbocycles. The molecule has 21 heavy (non-hydrogen) atoms. The van der Waals surface area contributed by atoms with Crippen LogP contribution in [0.15, 0.2) is 41.0 Å². The smallest absolute Gasteiger partial charge is 0.267 e. The van der Waals surface area contributed by atoms with Crippen LogP contribution in [0, 0.1) is 0 Å². The monoisotopic (exact) mass is 349 g/mol. The summed E-state index contributed by atoms with van der Waals surface area (Å²) in [5.41, 5.74) is 8.23. The summed E-state index contributed by atoms with van der Waals surface area (Å²) in [6, 6.07) is 9.80. The van der Waals surface area contributed by atoms with Crippen molar-refractivity contribution in [3.8, 4) is 0 Å². The van der Waals surface area contributed by atoms with Gasteiger partial charge in [0.25, 0.3) is 5.91 Å². The fourth-order valence-corrected chi connectivity index (χ4v) is 2.59. The molecule has 0 aliphatic heterocycles. The van der Waals surface area contributed by atoms with E-state index in [-0.39, 0.29) is 11.9 Å².